The van der Waals surface area contributed by atoms with Crippen LogP contribution in [0.5, 0.6) is 5.75 Å². The van der Waals surface area contributed by atoms with Gasteiger partial charge in [-0.2, -0.15) is 0 Å². The molecule has 0 fully saturated rings. The van der Waals surface area contributed by atoms with E-state index in [1.165, 1.54) is 0 Å². The number of amides is 1. The highest BCUT2D eigenvalue weighted by atomic mass is 16.5. The first kappa shape index (κ1) is 17.1. The maximum atomic E-state index is 12.3. The van der Waals surface area contributed by atoms with Gasteiger partial charge in [-0.15, -0.1) is 0 Å². The molecule has 2 N–H and O–H groups in total. The molecule has 1 aromatic carbocycles. The number of unbranched alkanes of at least 4 members (excludes halogenated alkanes) is 1. The molecule has 2 atom stereocenters. The minimum atomic E-state index is -0.922. The molecule has 5 heteroatoms. The Bertz CT molecular complexity index is 565. The van der Waals surface area contributed by atoms with Gasteiger partial charge in [0.25, 0.3) is 0 Å². The summed E-state index contributed by atoms with van der Waals surface area (Å²) in [6, 6.07) is 7.16. The molecular formula is C18H23NO4. The number of carbonyl (C=O) groups excluding carboxylic acids is 1. The third kappa shape index (κ3) is 4.84. The number of carboxylic acids is 1. The number of carbonyl (C=O) groups is 2. The summed E-state index contributed by atoms with van der Waals surface area (Å²) in [7, 11) is 0. The zero-order chi connectivity index (χ0) is 16.7. The molecule has 0 spiro atoms. The Morgan fingerprint density at radius 3 is 2.43 bits per heavy atom. The normalized spacial score (nSPS) is 20.0. The van der Waals surface area contributed by atoms with Gasteiger partial charge in [-0.25, -0.2) is 0 Å². The van der Waals surface area contributed by atoms with Crippen LogP contribution in [0.25, 0.3) is 0 Å². The first-order valence-corrected chi connectivity index (χ1v) is 8.03. The molecule has 1 amide bonds. The van der Waals surface area contributed by atoms with Crippen molar-refractivity contribution in [2.45, 2.75) is 32.6 Å². The third-order valence-electron chi connectivity index (χ3n) is 3.97. The number of ether oxygens (including phenoxy) is 1. The molecule has 0 bridgehead atoms. The third-order valence-corrected chi connectivity index (χ3v) is 3.97. The van der Waals surface area contributed by atoms with Gasteiger partial charge in [0.2, 0.25) is 5.91 Å². The van der Waals surface area contributed by atoms with Crippen molar-refractivity contribution in [2.24, 2.45) is 11.8 Å². The molecule has 5 nitrogen and oxygen atoms in total. The fraction of sp³-hybridized carbons (Fsp3) is 0.444. The van der Waals surface area contributed by atoms with Crippen molar-refractivity contribution in [3.05, 3.63) is 36.4 Å². The summed E-state index contributed by atoms with van der Waals surface area (Å²) in [6.07, 6.45) is 6.64. The van der Waals surface area contributed by atoms with Crippen molar-refractivity contribution >= 4 is 17.6 Å². The van der Waals surface area contributed by atoms with Crippen molar-refractivity contribution in [3.63, 3.8) is 0 Å². The van der Waals surface area contributed by atoms with E-state index in [1.807, 2.05) is 12.2 Å². The zero-order valence-corrected chi connectivity index (χ0v) is 13.3. The Hall–Kier alpha value is -2.30. The van der Waals surface area contributed by atoms with E-state index in [2.05, 4.69) is 12.2 Å². The number of aliphatic carboxylic acids is 1. The number of allylic oxidation sites excluding steroid dienone is 2. The van der Waals surface area contributed by atoms with E-state index in [0.717, 1.165) is 18.6 Å². The lowest BCUT2D eigenvalue weighted by molar-refractivity contribution is -0.146. The van der Waals surface area contributed by atoms with Gasteiger partial charge in [0.05, 0.1) is 18.4 Å². The predicted molar refractivity (Wildman–Crippen MR) is 88.5 cm³/mol. The Labute approximate surface area is 136 Å². The second-order valence-electron chi connectivity index (χ2n) is 5.71. The fourth-order valence-corrected chi connectivity index (χ4v) is 2.58. The Morgan fingerprint density at radius 1 is 1.17 bits per heavy atom. The minimum Gasteiger partial charge on any atom is -0.494 e. The predicted octanol–water partition coefficient (Wildman–Crippen LogP) is 3.47. The van der Waals surface area contributed by atoms with E-state index >= 15 is 0 Å². The first-order valence-electron chi connectivity index (χ1n) is 8.03. The molecule has 0 unspecified atom stereocenters. The molecule has 0 aromatic heterocycles. The Balaban J connectivity index is 1.94. The summed E-state index contributed by atoms with van der Waals surface area (Å²) in [5.74, 6) is -1.59. The fourth-order valence-electron chi connectivity index (χ4n) is 2.58. The van der Waals surface area contributed by atoms with Crippen LogP contribution in [0.2, 0.25) is 0 Å². The monoisotopic (exact) mass is 317 g/mol. The summed E-state index contributed by atoms with van der Waals surface area (Å²) in [4.78, 5) is 23.6. The lowest BCUT2D eigenvalue weighted by Crippen LogP contribution is -2.34. The highest BCUT2D eigenvalue weighted by Crippen LogP contribution is 2.27. The molecule has 1 aromatic rings. The molecule has 0 saturated carbocycles. The van der Waals surface area contributed by atoms with Crippen molar-refractivity contribution in [1.82, 2.24) is 0 Å². The van der Waals surface area contributed by atoms with E-state index in [1.54, 1.807) is 24.3 Å². The maximum Gasteiger partial charge on any atom is 0.307 e. The van der Waals surface area contributed by atoms with Crippen LogP contribution in [0.1, 0.15) is 32.6 Å². The number of carboxylic acid groups (broad SMARTS) is 1. The van der Waals surface area contributed by atoms with Crippen LogP contribution < -0.4 is 10.1 Å². The first-order chi connectivity index (χ1) is 11.1. The number of hydrogen-bond donors (Lipinski definition) is 2. The van der Waals surface area contributed by atoms with Gasteiger partial charge in [0, 0.05) is 5.69 Å². The van der Waals surface area contributed by atoms with Crippen LogP contribution in [-0.2, 0) is 9.59 Å². The molecule has 124 valence electrons. The van der Waals surface area contributed by atoms with Crippen molar-refractivity contribution < 1.29 is 19.4 Å². The number of nitrogens with one attached hydrogen (secondary N) is 1. The zero-order valence-electron chi connectivity index (χ0n) is 13.3. The molecule has 0 aliphatic heterocycles. The summed E-state index contributed by atoms with van der Waals surface area (Å²) in [5, 5.41) is 12.0. The molecule has 2 rings (SSSR count). The maximum absolute atomic E-state index is 12.3. The van der Waals surface area contributed by atoms with Crippen LogP contribution in [0.3, 0.4) is 0 Å². The molecular weight excluding hydrogens is 294 g/mol. The van der Waals surface area contributed by atoms with Gasteiger partial charge >= 0.3 is 5.97 Å². The van der Waals surface area contributed by atoms with E-state index in [-0.39, 0.29) is 5.91 Å². The number of rotatable bonds is 7. The van der Waals surface area contributed by atoms with Crippen LogP contribution >= 0.6 is 0 Å². The van der Waals surface area contributed by atoms with E-state index in [4.69, 9.17) is 4.74 Å². The van der Waals surface area contributed by atoms with Crippen molar-refractivity contribution in [1.29, 1.82) is 0 Å². The van der Waals surface area contributed by atoms with Crippen LogP contribution in [0.15, 0.2) is 36.4 Å². The summed E-state index contributed by atoms with van der Waals surface area (Å²) in [6.45, 7) is 2.78. The van der Waals surface area contributed by atoms with Crippen LogP contribution in [0, 0.1) is 11.8 Å². The van der Waals surface area contributed by atoms with Gasteiger partial charge in [0.15, 0.2) is 0 Å². The van der Waals surface area contributed by atoms with E-state index in [0.29, 0.717) is 25.1 Å². The average Bonchev–Trinajstić information content (AvgIpc) is 2.56. The lowest BCUT2D eigenvalue weighted by Gasteiger charge is -2.24. The Kier molecular flexibility index (Phi) is 6.20. The van der Waals surface area contributed by atoms with Crippen molar-refractivity contribution in [2.75, 3.05) is 11.9 Å². The smallest absolute Gasteiger partial charge is 0.307 e. The minimum absolute atomic E-state index is 0.249. The van der Waals surface area contributed by atoms with Gasteiger partial charge in [-0.1, -0.05) is 25.5 Å². The summed E-state index contributed by atoms with van der Waals surface area (Å²) in [5.41, 5.74) is 0.650. The molecule has 0 heterocycles. The molecule has 23 heavy (non-hydrogen) atoms. The molecule has 1 aliphatic carbocycles. The standard InChI is InChI=1S/C18H23NO4/c1-2-3-12-23-14-10-8-13(9-11-14)19-17(20)15-6-4-5-7-16(15)18(21)22/h4-5,8-11,15-16H,2-3,6-7,12H2,1H3,(H,19,20)(H,21,22)/t15-,16+/m0/s1. The highest BCUT2D eigenvalue weighted by molar-refractivity contribution is 5.95. The average molecular weight is 317 g/mol. The van der Waals surface area contributed by atoms with Gasteiger partial charge in [-0.3, -0.25) is 9.59 Å². The van der Waals surface area contributed by atoms with Gasteiger partial charge in [-0.05, 0) is 43.5 Å². The van der Waals surface area contributed by atoms with Crippen molar-refractivity contribution in [3.8, 4) is 5.75 Å². The molecule has 0 saturated heterocycles. The summed E-state index contributed by atoms with van der Waals surface area (Å²) < 4.78 is 5.57. The molecule has 0 radical (unpaired) electrons. The second kappa shape index (κ2) is 8.36. The van der Waals surface area contributed by atoms with E-state index < -0.39 is 17.8 Å². The summed E-state index contributed by atoms with van der Waals surface area (Å²) >= 11 is 0. The van der Waals surface area contributed by atoms with E-state index in [9.17, 15) is 14.7 Å². The topological polar surface area (TPSA) is 75.6 Å². The van der Waals surface area contributed by atoms with Crippen LogP contribution in [0.4, 0.5) is 5.69 Å². The number of benzene rings is 1. The number of hydrogen-bond acceptors (Lipinski definition) is 3. The lowest BCUT2D eigenvalue weighted by atomic mass is 9.82. The highest BCUT2D eigenvalue weighted by Gasteiger charge is 2.33. The van der Waals surface area contributed by atoms with Crippen LogP contribution in [-0.4, -0.2) is 23.6 Å². The van der Waals surface area contributed by atoms with Gasteiger partial charge < -0.3 is 15.2 Å². The SMILES string of the molecule is CCCCOc1ccc(NC(=O)[C@H]2CC=CC[C@H]2C(=O)O)cc1. The number of anilines is 1. The van der Waals surface area contributed by atoms with Gasteiger partial charge in [0.1, 0.15) is 5.75 Å². The quantitative estimate of drug-likeness (QED) is 0.596. The molecule has 1 aliphatic rings. The Morgan fingerprint density at radius 2 is 1.83 bits per heavy atom. The second-order valence-corrected chi connectivity index (χ2v) is 5.71. The largest absolute Gasteiger partial charge is 0.494 e.